The van der Waals surface area contributed by atoms with Gasteiger partial charge in [0.05, 0.1) is 11.3 Å². The second-order valence-corrected chi connectivity index (χ2v) is 7.11. The van der Waals surface area contributed by atoms with Crippen LogP contribution in [0.15, 0.2) is 24.3 Å². The molecule has 2 aromatic rings. The Balaban J connectivity index is 2.58. The number of carbonyl (C=O) groups is 1. The van der Waals surface area contributed by atoms with Gasteiger partial charge in [0.2, 0.25) is 0 Å². The van der Waals surface area contributed by atoms with E-state index in [9.17, 15) is 13.2 Å². The van der Waals surface area contributed by atoms with Crippen LogP contribution in [0.4, 0.5) is 0 Å². The molecule has 0 aliphatic carbocycles. The highest BCUT2D eigenvalue weighted by Gasteiger charge is 2.13. The van der Waals surface area contributed by atoms with Gasteiger partial charge in [0.15, 0.2) is 9.84 Å². The Morgan fingerprint density at radius 1 is 1.41 bits per heavy atom. The van der Waals surface area contributed by atoms with Gasteiger partial charge in [-0.25, -0.2) is 13.2 Å². The second kappa shape index (κ2) is 4.12. The molecule has 0 saturated heterocycles. The summed E-state index contributed by atoms with van der Waals surface area (Å²) >= 11 is 1.31. The Hall–Kier alpha value is -1.40. The minimum atomic E-state index is -3.09. The Labute approximate surface area is 102 Å². The summed E-state index contributed by atoms with van der Waals surface area (Å²) in [5.41, 5.74) is 0.207. The highest BCUT2D eigenvalue weighted by Crippen LogP contribution is 2.29. The molecular weight excluding hydrogens is 260 g/mol. The molecular formula is C11H10O4S2. The van der Waals surface area contributed by atoms with E-state index in [0.717, 1.165) is 11.0 Å². The standard InChI is InChI=1S/C11H10O4S2/c1-17(14,15)6-7-5-9-8(11(12)13)3-2-4-10(9)16-7/h2-5H,6H2,1H3,(H,12,13). The number of carboxylic acids is 1. The maximum absolute atomic E-state index is 11.2. The van der Waals surface area contributed by atoms with Crippen LogP contribution in [0.1, 0.15) is 15.2 Å². The van der Waals surface area contributed by atoms with E-state index in [2.05, 4.69) is 0 Å². The lowest BCUT2D eigenvalue weighted by Gasteiger charge is -1.94. The van der Waals surface area contributed by atoms with Crippen molar-refractivity contribution >= 4 is 37.2 Å². The largest absolute Gasteiger partial charge is 0.478 e. The molecule has 0 amide bonds. The average Bonchev–Trinajstić information content (AvgIpc) is 2.55. The molecule has 1 heterocycles. The van der Waals surface area contributed by atoms with Crippen molar-refractivity contribution in [1.29, 1.82) is 0 Å². The fourth-order valence-electron chi connectivity index (χ4n) is 1.63. The molecule has 1 aromatic carbocycles. The number of fused-ring (bicyclic) bond motifs is 1. The molecule has 1 aromatic heterocycles. The van der Waals surface area contributed by atoms with Crippen molar-refractivity contribution in [1.82, 2.24) is 0 Å². The number of sulfone groups is 1. The van der Waals surface area contributed by atoms with Crippen LogP contribution in [0.2, 0.25) is 0 Å². The lowest BCUT2D eigenvalue weighted by Crippen LogP contribution is -1.98. The SMILES string of the molecule is CS(=O)(=O)Cc1cc2c(C(=O)O)cccc2s1. The van der Waals surface area contributed by atoms with Crippen LogP contribution < -0.4 is 0 Å². The summed E-state index contributed by atoms with van der Waals surface area (Å²) in [5.74, 6) is -1.05. The minimum absolute atomic E-state index is 0.0502. The average molecular weight is 270 g/mol. The number of rotatable bonds is 3. The summed E-state index contributed by atoms with van der Waals surface area (Å²) < 4.78 is 23.2. The zero-order chi connectivity index (χ0) is 12.6. The second-order valence-electron chi connectivity index (χ2n) is 3.81. The van der Waals surface area contributed by atoms with Gasteiger partial charge in [-0.15, -0.1) is 11.3 Å². The van der Waals surface area contributed by atoms with Gasteiger partial charge in [-0.2, -0.15) is 0 Å². The Morgan fingerprint density at radius 2 is 2.12 bits per heavy atom. The summed E-state index contributed by atoms with van der Waals surface area (Å²) in [6.45, 7) is 0. The van der Waals surface area contributed by atoms with E-state index in [-0.39, 0.29) is 11.3 Å². The van der Waals surface area contributed by atoms with Gasteiger partial charge >= 0.3 is 5.97 Å². The third kappa shape index (κ3) is 2.65. The molecule has 1 N–H and O–H groups in total. The third-order valence-corrected chi connectivity index (χ3v) is 4.37. The summed E-state index contributed by atoms with van der Waals surface area (Å²) in [6, 6.07) is 6.61. The van der Waals surface area contributed by atoms with Crippen LogP contribution in [-0.2, 0) is 15.6 Å². The fourth-order valence-corrected chi connectivity index (χ4v) is 3.99. The van der Waals surface area contributed by atoms with Crippen molar-refractivity contribution in [3.05, 3.63) is 34.7 Å². The lowest BCUT2D eigenvalue weighted by atomic mass is 10.1. The quantitative estimate of drug-likeness (QED) is 0.927. The molecule has 4 nitrogen and oxygen atoms in total. The van der Waals surface area contributed by atoms with Crippen molar-refractivity contribution < 1.29 is 18.3 Å². The van der Waals surface area contributed by atoms with Crippen molar-refractivity contribution in [3.63, 3.8) is 0 Å². The minimum Gasteiger partial charge on any atom is -0.478 e. The monoisotopic (exact) mass is 270 g/mol. The molecule has 0 radical (unpaired) electrons. The van der Waals surface area contributed by atoms with Gasteiger partial charge in [-0.1, -0.05) is 6.07 Å². The Bertz CT molecular complexity index is 683. The molecule has 0 aliphatic heterocycles. The van der Waals surface area contributed by atoms with E-state index in [1.807, 2.05) is 0 Å². The van der Waals surface area contributed by atoms with Crippen LogP contribution in [-0.4, -0.2) is 25.7 Å². The van der Waals surface area contributed by atoms with Gasteiger partial charge in [-0.3, -0.25) is 0 Å². The van der Waals surface area contributed by atoms with E-state index >= 15 is 0 Å². The molecule has 0 fully saturated rings. The fraction of sp³-hybridized carbons (Fsp3) is 0.182. The lowest BCUT2D eigenvalue weighted by molar-refractivity contribution is 0.0699. The highest BCUT2D eigenvalue weighted by molar-refractivity contribution is 7.90. The molecule has 0 bridgehead atoms. The maximum Gasteiger partial charge on any atom is 0.336 e. The topological polar surface area (TPSA) is 71.4 Å². The zero-order valence-electron chi connectivity index (χ0n) is 9.00. The first-order chi connectivity index (χ1) is 7.87. The van der Waals surface area contributed by atoms with Gasteiger partial charge in [0.1, 0.15) is 0 Å². The highest BCUT2D eigenvalue weighted by atomic mass is 32.2. The van der Waals surface area contributed by atoms with E-state index < -0.39 is 15.8 Å². The van der Waals surface area contributed by atoms with Crippen molar-refractivity contribution in [3.8, 4) is 0 Å². The van der Waals surface area contributed by atoms with E-state index in [1.165, 1.54) is 17.4 Å². The van der Waals surface area contributed by atoms with Crippen molar-refractivity contribution in [2.45, 2.75) is 5.75 Å². The molecule has 17 heavy (non-hydrogen) atoms. The molecule has 0 aliphatic rings. The first kappa shape index (κ1) is 12.1. The number of hydrogen-bond donors (Lipinski definition) is 1. The number of benzene rings is 1. The number of aromatic carboxylic acids is 1. The van der Waals surface area contributed by atoms with Gasteiger partial charge in [0, 0.05) is 21.2 Å². The molecule has 90 valence electrons. The van der Waals surface area contributed by atoms with E-state index in [4.69, 9.17) is 5.11 Å². The molecule has 0 spiro atoms. The normalized spacial score (nSPS) is 11.8. The molecule has 2 rings (SSSR count). The molecule has 0 atom stereocenters. The van der Waals surface area contributed by atoms with E-state index in [0.29, 0.717) is 10.3 Å². The predicted octanol–water partition coefficient (Wildman–Crippen LogP) is 2.14. The maximum atomic E-state index is 11.2. The van der Waals surface area contributed by atoms with Gasteiger partial charge < -0.3 is 5.11 Å². The molecule has 6 heteroatoms. The van der Waals surface area contributed by atoms with Crippen molar-refractivity contribution in [2.24, 2.45) is 0 Å². The summed E-state index contributed by atoms with van der Waals surface area (Å²) in [4.78, 5) is 11.7. The van der Waals surface area contributed by atoms with Crippen LogP contribution in [0.25, 0.3) is 10.1 Å². The van der Waals surface area contributed by atoms with Gasteiger partial charge in [0.25, 0.3) is 0 Å². The van der Waals surface area contributed by atoms with Gasteiger partial charge in [-0.05, 0) is 18.2 Å². The van der Waals surface area contributed by atoms with Crippen LogP contribution in [0.5, 0.6) is 0 Å². The van der Waals surface area contributed by atoms with Crippen LogP contribution in [0.3, 0.4) is 0 Å². The number of carboxylic acid groups (broad SMARTS) is 1. The molecule has 0 saturated carbocycles. The third-order valence-electron chi connectivity index (χ3n) is 2.25. The molecule has 0 unspecified atom stereocenters. The van der Waals surface area contributed by atoms with Crippen LogP contribution in [0, 0.1) is 0 Å². The Kier molecular flexibility index (Phi) is 2.92. The first-order valence-electron chi connectivity index (χ1n) is 4.79. The smallest absolute Gasteiger partial charge is 0.336 e. The van der Waals surface area contributed by atoms with E-state index in [1.54, 1.807) is 18.2 Å². The summed E-state index contributed by atoms with van der Waals surface area (Å²) in [7, 11) is -3.09. The summed E-state index contributed by atoms with van der Waals surface area (Å²) in [5, 5.41) is 9.61. The zero-order valence-corrected chi connectivity index (χ0v) is 10.6. The summed E-state index contributed by atoms with van der Waals surface area (Å²) in [6.07, 6.45) is 1.16. The van der Waals surface area contributed by atoms with Crippen molar-refractivity contribution in [2.75, 3.05) is 6.26 Å². The number of thiophene rings is 1. The van der Waals surface area contributed by atoms with Crippen LogP contribution >= 0.6 is 11.3 Å². The predicted molar refractivity (Wildman–Crippen MR) is 67.3 cm³/mol. The Morgan fingerprint density at radius 3 is 2.71 bits per heavy atom. The number of hydrogen-bond acceptors (Lipinski definition) is 4. The first-order valence-corrected chi connectivity index (χ1v) is 7.67.